The van der Waals surface area contributed by atoms with Crippen LogP contribution in [-0.4, -0.2) is 29.7 Å². The first kappa shape index (κ1) is 15.0. The van der Waals surface area contributed by atoms with Gasteiger partial charge in [-0.25, -0.2) is 4.79 Å². The van der Waals surface area contributed by atoms with Crippen LogP contribution >= 0.6 is 0 Å². The maximum atomic E-state index is 12.4. The number of aryl methyl sites for hydroxylation is 2. The van der Waals surface area contributed by atoms with Gasteiger partial charge in [0.05, 0.1) is 11.9 Å². The van der Waals surface area contributed by atoms with Crippen molar-refractivity contribution in [2.75, 3.05) is 4.72 Å². The van der Waals surface area contributed by atoms with Crippen LogP contribution in [0, 0.1) is 6.92 Å². The predicted molar refractivity (Wildman–Crippen MR) is 76.9 cm³/mol. The van der Waals surface area contributed by atoms with Crippen LogP contribution in [0.15, 0.2) is 29.4 Å². The number of sulfonamides is 1. The van der Waals surface area contributed by atoms with Crippen molar-refractivity contribution in [2.45, 2.75) is 25.3 Å². The van der Waals surface area contributed by atoms with Crippen LogP contribution in [0.25, 0.3) is 0 Å². The Morgan fingerprint density at radius 3 is 2.76 bits per heavy atom. The van der Waals surface area contributed by atoms with Crippen molar-refractivity contribution in [3.63, 3.8) is 0 Å². The molecule has 112 valence electrons. The number of aromatic amines is 1. The molecule has 0 aliphatic rings. The molecule has 2 aromatic rings. The van der Waals surface area contributed by atoms with E-state index in [1.807, 2.05) is 19.1 Å². The Morgan fingerprint density at radius 1 is 1.43 bits per heavy atom. The third-order valence-corrected chi connectivity index (χ3v) is 4.40. The van der Waals surface area contributed by atoms with Crippen molar-refractivity contribution in [1.29, 1.82) is 0 Å². The van der Waals surface area contributed by atoms with Crippen molar-refractivity contribution in [2.24, 2.45) is 0 Å². The normalized spacial score (nSPS) is 11.3. The second-order valence-corrected chi connectivity index (χ2v) is 6.11. The fourth-order valence-electron chi connectivity index (χ4n) is 1.99. The third-order valence-electron chi connectivity index (χ3n) is 3.08. The van der Waals surface area contributed by atoms with Crippen LogP contribution in [0.1, 0.15) is 28.4 Å². The average molecular weight is 309 g/mol. The number of nitrogens with one attached hydrogen (secondary N) is 2. The van der Waals surface area contributed by atoms with Crippen LogP contribution in [0.5, 0.6) is 0 Å². The number of hydrogen-bond acceptors (Lipinski definition) is 4. The number of nitrogens with zero attached hydrogens (tertiary/aromatic N) is 1. The van der Waals surface area contributed by atoms with E-state index in [4.69, 9.17) is 5.11 Å². The number of aromatic carboxylic acids is 1. The first-order valence-electron chi connectivity index (χ1n) is 6.24. The number of anilines is 1. The van der Waals surface area contributed by atoms with E-state index in [9.17, 15) is 13.2 Å². The lowest BCUT2D eigenvalue weighted by atomic mass is 10.1. The van der Waals surface area contributed by atoms with Gasteiger partial charge in [0.15, 0.2) is 5.03 Å². The molecule has 0 amide bonds. The molecule has 3 N–H and O–H groups in total. The molecular weight excluding hydrogens is 294 g/mol. The van der Waals surface area contributed by atoms with Gasteiger partial charge >= 0.3 is 5.97 Å². The summed E-state index contributed by atoms with van der Waals surface area (Å²) in [5.41, 5.74) is 1.66. The van der Waals surface area contributed by atoms with Crippen LogP contribution in [0.3, 0.4) is 0 Å². The highest BCUT2D eigenvalue weighted by atomic mass is 32.2. The summed E-state index contributed by atoms with van der Waals surface area (Å²) in [7, 11) is -4.05. The molecule has 1 aromatic heterocycles. The Hall–Kier alpha value is -2.35. The van der Waals surface area contributed by atoms with Crippen molar-refractivity contribution < 1.29 is 18.3 Å². The topological polar surface area (TPSA) is 112 Å². The summed E-state index contributed by atoms with van der Waals surface area (Å²) in [5.74, 6) is -1.36. The summed E-state index contributed by atoms with van der Waals surface area (Å²) in [6.45, 7) is 3.69. The van der Waals surface area contributed by atoms with E-state index in [1.165, 1.54) is 0 Å². The van der Waals surface area contributed by atoms with E-state index in [0.717, 1.165) is 17.3 Å². The highest BCUT2D eigenvalue weighted by molar-refractivity contribution is 7.92. The molecule has 0 radical (unpaired) electrons. The van der Waals surface area contributed by atoms with Gasteiger partial charge in [0.25, 0.3) is 10.0 Å². The lowest BCUT2D eigenvalue weighted by molar-refractivity contribution is 0.0692. The summed E-state index contributed by atoms with van der Waals surface area (Å²) >= 11 is 0. The SMILES string of the molecule is CCc1cccc(C)c1NS(=O)(=O)c1[nH]ncc1C(=O)O. The summed E-state index contributed by atoms with van der Waals surface area (Å²) in [4.78, 5) is 11.0. The van der Waals surface area contributed by atoms with Gasteiger partial charge in [-0.15, -0.1) is 0 Å². The minimum Gasteiger partial charge on any atom is -0.478 e. The maximum Gasteiger partial charge on any atom is 0.340 e. The molecule has 8 heteroatoms. The molecule has 0 saturated heterocycles. The zero-order chi connectivity index (χ0) is 15.6. The summed E-state index contributed by atoms with van der Waals surface area (Å²) < 4.78 is 27.2. The largest absolute Gasteiger partial charge is 0.478 e. The molecule has 2 rings (SSSR count). The van der Waals surface area contributed by atoms with Gasteiger partial charge in [0.1, 0.15) is 5.56 Å². The fraction of sp³-hybridized carbons (Fsp3) is 0.231. The maximum absolute atomic E-state index is 12.4. The second kappa shape index (κ2) is 5.57. The van der Waals surface area contributed by atoms with E-state index in [-0.39, 0.29) is 0 Å². The van der Waals surface area contributed by atoms with Crippen molar-refractivity contribution in [3.8, 4) is 0 Å². The van der Waals surface area contributed by atoms with Gasteiger partial charge in [-0.05, 0) is 24.5 Å². The molecule has 0 bridgehead atoms. The van der Waals surface area contributed by atoms with Crippen molar-refractivity contribution >= 4 is 21.7 Å². The second-order valence-electron chi connectivity index (χ2n) is 4.49. The standard InChI is InChI=1S/C13H15N3O4S/c1-3-9-6-4-5-8(2)11(9)16-21(19,20)12-10(13(17)18)7-14-15-12/h4-7,16H,3H2,1-2H3,(H,14,15)(H,17,18). The Bertz CT molecular complexity index is 780. The van der Waals surface area contributed by atoms with Gasteiger partial charge in [-0.2, -0.15) is 13.5 Å². The first-order valence-corrected chi connectivity index (χ1v) is 7.73. The molecule has 21 heavy (non-hydrogen) atoms. The van der Waals surface area contributed by atoms with E-state index in [0.29, 0.717) is 12.1 Å². The number of para-hydroxylation sites is 1. The van der Waals surface area contributed by atoms with Gasteiger partial charge < -0.3 is 5.11 Å². The number of rotatable bonds is 5. The molecule has 0 atom stereocenters. The number of benzene rings is 1. The molecule has 7 nitrogen and oxygen atoms in total. The van der Waals surface area contributed by atoms with Gasteiger partial charge in [0, 0.05) is 0 Å². The highest BCUT2D eigenvalue weighted by Gasteiger charge is 2.25. The fourth-order valence-corrected chi connectivity index (χ4v) is 3.25. The number of carboxylic acid groups (broad SMARTS) is 1. The lowest BCUT2D eigenvalue weighted by Gasteiger charge is -2.13. The summed E-state index contributed by atoms with van der Waals surface area (Å²) in [6, 6.07) is 5.43. The number of hydrogen-bond donors (Lipinski definition) is 3. The van der Waals surface area contributed by atoms with E-state index in [2.05, 4.69) is 14.9 Å². The molecule has 0 fully saturated rings. The van der Waals surface area contributed by atoms with Crippen LogP contribution in [0.2, 0.25) is 0 Å². The molecule has 1 heterocycles. The molecule has 0 unspecified atom stereocenters. The smallest absolute Gasteiger partial charge is 0.340 e. The van der Waals surface area contributed by atoms with Crippen LogP contribution < -0.4 is 4.72 Å². The monoisotopic (exact) mass is 309 g/mol. The predicted octanol–water partition coefficient (Wildman–Crippen LogP) is 1.78. The molecule has 0 spiro atoms. The third kappa shape index (κ3) is 2.89. The minimum atomic E-state index is -4.05. The number of H-pyrrole nitrogens is 1. The minimum absolute atomic E-state index is 0.394. The highest BCUT2D eigenvalue weighted by Crippen LogP contribution is 2.25. The molecule has 1 aromatic carbocycles. The van der Waals surface area contributed by atoms with E-state index in [1.54, 1.807) is 13.0 Å². The van der Waals surface area contributed by atoms with Gasteiger partial charge in [-0.3, -0.25) is 9.82 Å². The Morgan fingerprint density at radius 2 is 2.14 bits per heavy atom. The van der Waals surface area contributed by atoms with Crippen LogP contribution in [-0.2, 0) is 16.4 Å². The Kier molecular flexibility index (Phi) is 3.99. The van der Waals surface area contributed by atoms with E-state index >= 15 is 0 Å². The zero-order valence-corrected chi connectivity index (χ0v) is 12.4. The van der Waals surface area contributed by atoms with Gasteiger partial charge in [0.2, 0.25) is 0 Å². The first-order chi connectivity index (χ1) is 9.86. The zero-order valence-electron chi connectivity index (χ0n) is 11.5. The summed E-state index contributed by atoms with van der Waals surface area (Å²) in [6.07, 6.45) is 1.61. The number of aromatic nitrogens is 2. The van der Waals surface area contributed by atoms with Crippen molar-refractivity contribution in [3.05, 3.63) is 41.1 Å². The van der Waals surface area contributed by atoms with Crippen LogP contribution in [0.4, 0.5) is 5.69 Å². The van der Waals surface area contributed by atoms with Crippen molar-refractivity contribution in [1.82, 2.24) is 10.2 Å². The Balaban J connectivity index is 2.48. The lowest BCUT2D eigenvalue weighted by Crippen LogP contribution is -2.18. The quantitative estimate of drug-likeness (QED) is 0.779. The number of carboxylic acids is 1. The molecule has 0 aliphatic heterocycles. The average Bonchev–Trinajstić information content (AvgIpc) is 2.91. The Labute approximate surface area is 122 Å². The summed E-state index contributed by atoms with van der Waals surface area (Å²) in [5, 5.41) is 14.2. The molecule has 0 aliphatic carbocycles. The molecule has 0 saturated carbocycles. The number of carbonyl (C=O) groups is 1. The molecular formula is C13H15N3O4S. The van der Waals surface area contributed by atoms with E-state index < -0.39 is 26.6 Å². The van der Waals surface area contributed by atoms with Gasteiger partial charge in [-0.1, -0.05) is 25.1 Å².